The second kappa shape index (κ2) is 7.78. The molecule has 1 fully saturated rings. The number of carbonyl (C=O) groups excluding carboxylic acids is 1. The molecule has 0 spiro atoms. The van der Waals surface area contributed by atoms with E-state index in [1.54, 1.807) is 12.1 Å². The van der Waals surface area contributed by atoms with Crippen LogP contribution in [0, 0.1) is 11.2 Å². The highest BCUT2D eigenvalue weighted by Gasteiger charge is 2.43. The highest BCUT2D eigenvalue weighted by Crippen LogP contribution is 2.38. The van der Waals surface area contributed by atoms with E-state index in [4.69, 9.17) is 9.57 Å². The molecule has 1 atom stereocenters. The molecule has 0 aliphatic carbocycles. The van der Waals surface area contributed by atoms with Crippen LogP contribution in [0.4, 0.5) is 4.39 Å². The number of carbonyl (C=O) groups is 1. The molecule has 1 aromatic carbocycles. The minimum absolute atomic E-state index is 0.0125. The van der Waals surface area contributed by atoms with Crippen LogP contribution in [0.5, 0.6) is 0 Å². The normalized spacial score (nSPS) is 22.0. The van der Waals surface area contributed by atoms with E-state index < -0.39 is 5.41 Å². The summed E-state index contributed by atoms with van der Waals surface area (Å²) >= 11 is 0. The van der Waals surface area contributed by atoms with E-state index in [-0.39, 0.29) is 17.8 Å². The molecular formula is C19H23FN2O3. The van der Waals surface area contributed by atoms with E-state index in [1.165, 1.54) is 12.1 Å². The van der Waals surface area contributed by atoms with Crippen LogP contribution >= 0.6 is 0 Å². The van der Waals surface area contributed by atoms with E-state index in [2.05, 4.69) is 17.1 Å². The molecule has 2 heterocycles. The Balaban J connectivity index is 1.67. The predicted molar refractivity (Wildman–Crippen MR) is 92.7 cm³/mol. The SMILES string of the molecule is C=CCNC(=O)C1(C[C@H]2CC(c3cccc(F)c3)=NO2)CCOCC1. The summed E-state index contributed by atoms with van der Waals surface area (Å²) < 4.78 is 18.8. The van der Waals surface area contributed by atoms with Crippen molar-refractivity contribution < 1.29 is 18.8 Å². The van der Waals surface area contributed by atoms with E-state index >= 15 is 0 Å². The smallest absolute Gasteiger partial charge is 0.226 e. The third-order valence-corrected chi connectivity index (χ3v) is 4.85. The van der Waals surface area contributed by atoms with Crippen LogP contribution in [0.15, 0.2) is 42.1 Å². The Labute approximate surface area is 146 Å². The van der Waals surface area contributed by atoms with Gasteiger partial charge in [0.15, 0.2) is 0 Å². The summed E-state index contributed by atoms with van der Waals surface area (Å²) in [5.41, 5.74) is 0.927. The van der Waals surface area contributed by atoms with Gasteiger partial charge in [-0.25, -0.2) is 4.39 Å². The molecule has 134 valence electrons. The van der Waals surface area contributed by atoms with Crippen molar-refractivity contribution in [2.45, 2.75) is 31.8 Å². The van der Waals surface area contributed by atoms with Gasteiger partial charge < -0.3 is 14.9 Å². The van der Waals surface area contributed by atoms with E-state index in [1.807, 2.05) is 6.07 Å². The van der Waals surface area contributed by atoms with Gasteiger partial charge in [-0.05, 0) is 25.0 Å². The molecule has 2 aliphatic rings. The summed E-state index contributed by atoms with van der Waals surface area (Å²) in [6.45, 7) is 5.21. The first-order valence-corrected chi connectivity index (χ1v) is 8.58. The van der Waals surface area contributed by atoms with Crippen molar-refractivity contribution in [1.82, 2.24) is 5.32 Å². The molecule has 0 bridgehead atoms. The van der Waals surface area contributed by atoms with Gasteiger partial charge in [0.1, 0.15) is 11.9 Å². The molecule has 0 aromatic heterocycles. The van der Waals surface area contributed by atoms with Gasteiger partial charge in [-0.15, -0.1) is 6.58 Å². The first-order valence-electron chi connectivity index (χ1n) is 8.58. The van der Waals surface area contributed by atoms with Crippen LogP contribution < -0.4 is 5.32 Å². The average Bonchev–Trinajstić information content (AvgIpc) is 3.08. The number of rotatable bonds is 6. The summed E-state index contributed by atoms with van der Waals surface area (Å²) in [6.07, 6.45) is 3.94. The number of nitrogens with one attached hydrogen (secondary N) is 1. The largest absolute Gasteiger partial charge is 0.392 e. The maximum absolute atomic E-state index is 13.4. The lowest BCUT2D eigenvalue weighted by molar-refractivity contribution is -0.139. The molecule has 5 nitrogen and oxygen atoms in total. The van der Waals surface area contributed by atoms with E-state index in [0.717, 1.165) is 11.3 Å². The van der Waals surface area contributed by atoms with Crippen molar-refractivity contribution in [3.8, 4) is 0 Å². The lowest BCUT2D eigenvalue weighted by Gasteiger charge is -2.36. The lowest BCUT2D eigenvalue weighted by atomic mass is 9.74. The molecule has 0 unspecified atom stereocenters. The number of amides is 1. The number of hydrogen-bond donors (Lipinski definition) is 1. The van der Waals surface area contributed by atoms with Gasteiger partial charge in [0.2, 0.25) is 5.91 Å². The fourth-order valence-electron chi connectivity index (χ4n) is 3.45. The number of benzene rings is 1. The molecule has 6 heteroatoms. The molecule has 1 N–H and O–H groups in total. The van der Waals surface area contributed by atoms with Crippen molar-refractivity contribution >= 4 is 11.6 Å². The Morgan fingerprint density at radius 2 is 2.24 bits per heavy atom. The molecule has 2 aliphatic heterocycles. The minimum Gasteiger partial charge on any atom is -0.392 e. The number of oxime groups is 1. The standard InChI is InChI=1S/C19H23FN2O3/c1-2-8-21-18(23)19(6-9-24-10-7-19)13-16-12-17(22-25-16)14-4-3-5-15(20)11-14/h2-5,11,16H,1,6-10,12-13H2,(H,21,23)/t16-/m1/s1. The van der Waals surface area contributed by atoms with Gasteiger partial charge >= 0.3 is 0 Å². The van der Waals surface area contributed by atoms with Crippen molar-refractivity contribution in [2.75, 3.05) is 19.8 Å². The van der Waals surface area contributed by atoms with Gasteiger partial charge in [-0.2, -0.15) is 0 Å². The average molecular weight is 346 g/mol. The van der Waals surface area contributed by atoms with Crippen LogP contribution in [0.3, 0.4) is 0 Å². The first kappa shape index (κ1) is 17.6. The highest BCUT2D eigenvalue weighted by molar-refractivity contribution is 6.01. The molecule has 1 saturated heterocycles. The highest BCUT2D eigenvalue weighted by atomic mass is 19.1. The molecule has 3 rings (SSSR count). The first-order chi connectivity index (χ1) is 12.1. The van der Waals surface area contributed by atoms with Crippen molar-refractivity contribution in [2.24, 2.45) is 10.6 Å². The van der Waals surface area contributed by atoms with Gasteiger partial charge in [0.25, 0.3) is 0 Å². The van der Waals surface area contributed by atoms with Crippen LogP contribution in [0.2, 0.25) is 0 Å². The summed E-state index contributed by atoms with van der Waals surface area (Å²) in [5, 5.41) is 7.03. The fourth-order valence-corrected chi connectivity index (χ4v) is 3.45. The number of nitrogens with zero attached hydrogens (tertiary/aromatic N) is 1. The topological polar surface area (TPSA) is 59.9 Å². The Bertz CT molecular complexity index is 668. The summed E-state index contributed by atoms with van der Waals surface area (Å²) in [4.78, 5) is 18.3. The Morgan fingerprint density at radius 1 is 1.44 bits per heavy atom. The van der Waals surface area contributed by atoms with Crippen LogP contribution in [0.1, 0.15) is 31.2 Å². The van der Waals surface area contributed by atoms with Gasteiger partial charge in [0.05, 0.1) is 11.1 Å². The summed E-state index contributed by atoms with van der Waals surface area (Å²) in [6, 6.07) is 6.32. The van der Waals surface area contributed by atoms with Crippen molar-refractivity contribution in [3.05, 3.63) is 48.3 Å². The quantitative estimate of drug-likeness (QED) is 0.806. The van der Waals surface area contributed by atoms with Gasteiger partial charge in [-0.3, -0.25) is 4.79 Å². The maximum Gasteiger partial charge on any atom is 0.226 e. The zero-order valence-corrected chi connectivity index (χ0v) is 14.2. The summed E-state index contributed by atoms with van der Waals surface area (Å²) in [7, 11) is 0. The molecule has 1 aromatic rings. The minimum atomic E-state index is -0.515. The van der Waals surface area contributed by atoms with Crippen molar-refractivity contribution in [3.63, 3.8) is 0 Å². The molecule has 1 amide bonds. The summed E-state index contributed by atoms with van der Waals surface area (Å²) in [5.74, 6) is -0.285. The van der Waals surface area contributed by atoms with Crippen LogP contribution in [-0.2, 0) is 14.4 Å². The van der Waals surface area contributed by atoms with Crippen LogP contribution in [0.25, 0.3) is 0 Å². The molecular weight excluding hydrogens is 323 g/mol. The van der Waals surface area contributed by atoms with Crippen LogP contribution in [-0.4, -0.2) is 37.5 Å². The molecule has 0 saturated carbocycles. The maximum atomic E-state index is 13.4. The predicted octanol–water partition coefficient (Wildman–Crippen LogP) is 2.81. The second-order valence-corrected chi connectivity index (χ2v) is 6.58. The number of ether oxygens (including phenoxy) is 1. The van der Waals surface area contributed by atoms with Crippen molar-refractivity contribution in [1.29, 1.82) is 0 Å². The molecule has 25 heavy (non-hydrogen) atoms. The monoisotopic (exact) mass is 346 g/mol. The zero-order chi connectivity index (χ0) is 17.7. The Kier molecular flexibility index (Phi) is 5.48. The number of halogens is 1. The van der Waals surface area contributed by atoms with E-state index in [9.17, 15) is 9.18 Å². The Morgan fingerprint density at radius 3 is 2.96 bits per heavy atom. The third kappa shape index (κ3) is 4.07. The third-order valence-electron chi connectivity index (χ3n) is 4.85. The van der Waals surface area contributed by atoms with Gasteiger partial charge in [0, 0.05) is 38.2 Å². The number of hydrogen-bond acceptors (Lipinski definition) is 4. The molecule has 0 radical (unpaired) electrons. The second-order valence-electron chi connectivity index (χ2n) is 6.58. The zero-order valence-electron chi connectivity index (χ0n) is 14.2. The Hall–Kier alpha value is -2.21. The fraction of sp³-hybridized carbons (Fsp3) is 0.474. The van der Waals surface area contributed by atoms with Gasteiger partial charge in [-0.1, -0.05) is 23.4 Å². The van der Waals surface area contributed by atoms with E-state index in [0.29, 0.717) is 45.4 Å². The lowest BCUT2D eigenvalue weighted by Crippen LogP contribution is -2.46.